The number of carbonyl (C=O) groups is 1. The van der Waals surface area contributed by atoms with E-state index in [-0.39, 0.29) is 18.1 Å². The fourth-order valence-electron chi connectivity index (χ4n) is 5.34. The Bertz CT molecular complexity index is 1410. The van der Waals surface area contributed by atoms with Crippen molar-refractivity contribution in [1.29, 1.82) is 0 Å². The molecule has 35 heavy (non-hydrogen) atoms. The van der Waals surface area contributed by atoms with E-state index in [1.807, 2.05) is 23.7 Å². The van der Waals surface area contributed by atoms with Gasteiger partial charge in [-0.25, -0.2) is 4.98 Å². The maximum atomic E-state index is 13.4. The number of benzene rings is 1. The van der Waals surface area contributed by atoms with E-state index in [0.29, 0.717) is 30.3 Å². The minimum atomic E-state index is -0.206. The van der Waals surface area contributed by atoms with E-state index in [9.17, 15) is 4.79 Å². The van der Waals surface area contributed by atoms with Gasteiger partial charge in [0.1, 0.15) is 11.3 Å². The summed E-state index contributed by atoms with van der Waals surface area (Å²) in [5, 5.41) is 1.06. The van der Waals surface area contributed by atoms with E-state index in [0.717, 1.165) is 46.6 Å². The second kappa shape index (κ2) is 8.42. The monoisotopic (exact) mass is 477 g/mol. The molecule has 1 aromatic carbocycles. The fraction of sp³-hybridized carbons (Fsp3) is 0.462. The highest BCUT2D eigenvalue weighted by atomic mass is 16.5. The smallest absolute Gasteiger partial charge is 0.254 e. The molecule has 1 unspecified atom stereocenters. The van der Waals surface area contributed by atoms with Crippen LogP contribution in [0.3, 0.4) is 0 Å². The Kier molecular flexibility index (Phi) is 5.34. The van der Waals surface area contributed by atoms with Crippen LogP contribution in [-0.2, 0) is 18.3 Å². The van der Waals surface area contributed by atoms with Crippen LogP contribution in [0.25, 0.3) is 33.7 Å². The van der Waals surface area contributed by atoms with Gasteiger partial charge in [-0.3, -0.25) is 4.79 Å². The maximum Gasteiger partial charge on any atom is 0.254 e. The standard InChI is InChI=1S/C26H31N5O4/c1-29-23-19(28-24(29)20-11-16-7-9-35-26(16)31(20)13-15-4-5-15)10-17(12-22(23)34-3)25(32)30-8-6-21(33-2)18(27)14-30/h7,9-12,15,18,21H,4-6,8,13-14,27H2,1-3H3/t18-,21?/m0/s1. The first-order valence-electron chi connectivity index (χ1n) is 12.2. The van der Waals surface area contributed by atoms with Crippen molar-refractivity contribution in [3.8, 4) is 17.3 Å². The van der Waals surface area contributed by atoms with E-state index < -0.39 is 0 Å². The highest BCUT2D eigenvalue weighted by Crippen LogP contribution is 2.38. The number of nitrogens with two attached hydrogens (primary N) is 1. The van der Waals surface area contributed by atoms with Crippen LogP contribution in [0.4, 0.5) is 0 Å². The average molecular weight is 478 g/mol. The van der Waals surface area contributed by atoms with Crippen LogP contribution < -0.4 is 10.5 Å². The van der Waals surface area contributed by atoms with Gasteiger partial charge >= 0.3 is 0 Å². The van der Waals surface area contributed by atoms with Gasteiger partial charge in [-0.15, -0.1) is 0 Å². The third-order valence-electron chi connectivity index (χ3n) is 7.45. The summed E-state index contributed by atoms with van der Waals surface area (Å²) >= 11 is 0. The van der Waals surface area contributed by atoms with Crippen molar-refractivity contribution in [3.63, 3.8) is 0 Å². The highest BCUT2D eigenvalue weighted by Gasteiger charge is 2.31. The SMILES string of the molecule is COc1cc(C(=O)N2CCC(OC)[C@@H](N)C2)cc2nc(-c3cc4ccoc4n3CC3CC3)n(C)c12. The van der Waals surface area contributed by atoms with Gasteiger partial charge in [0.15, 0.2) is 5.82 Å². The molecule has 4 heterocycles. The second-order valence-corrected chi connectivity index (χ2v) is 9.78. The van der Waals surface area contributed by atoms with Gasteiger partial charge in [-0.05, 0) is 49.4 Å². The number of carbonyl (C=O) groups excluding carboxylic acids is 1. The second-order valence-electron chi connectivity index (χ2n) is 9.78. The quantitative estimate of drug-likeness (QED) is 0.457. The molecule has 184 valence electrons. The number of hydrogen-bond donors (Lipinski definition) is 1. The van der Waals surface area contributed by atoms with E-state index >= 15 is 0 Å². The molecule has 2 atom stereocenters. The zero-order valence-electron chi connectivity index (χ0n) is 20.4. The summed E-state index contributed by atoms with van der Waals surface area (Å²) in [7, 11) is 5.27. The molecule has 2 aliphatic rings. The first-order chi connectivity index (χ1) is 17.0. The minimum absolute atomic E-state index is 0.0262. The van der Waals surface area contributed by atoms with Crippen molar-refractivity contribution in [2.24, 2.45) is 18.7 Å². The van der Waals surface area contributed by atoms with Crippen LogP contribution in [0.15, 0.2) is 34.9 Å². The van der Waals surface area contributed by atoms with Gasteiger partial charge in [0.2, 0.25) is 5.71 Å². The van der Waals surface area contributed by atoms with E-state index in [4.69, 9.17) is 24.6 Å². The Hall–Kier alpha value is -3.30. The number of methoxy groups -OCH3 is 2. The molecule has 0 radical (unpaired) electrons. The van der Waals surface area contributed by atoms with Crippen molar-refractivity contribution in [2.45, 2.75) is 38.0 Å². The van der Waals surface area contributed by atoms with Gasteiger partial charge in [0.05, 0.1) is 30.7 Å². The summed E-state index contributed by atoms with van der Waals surface area (Å²) < 4.78 is 21.3. The molecule has 1 saturated heterocycles. The van der Waals surface area contributed by atoms with Gasteiger partial charge in [-0.2, -0.15) is 0 Å². The van der Waals surface area contributed by atoms with Crippen LogP contribution in [0, 0.1) is 5.92 Å². The van der Waals surface area contributed by atoms with Crippen molar-refractivity contribution in [2.75, 3.05) is 27.3 Å². The van der Waals surface area contributed by atoms with E-state index in [1.165, 1.54) is 12.8 Å². The third-order valence-corrected chi connectivity index (χ3v) is 7.45. The number of imidazole rings is 1. The lowest BCUT2D eigenvalue weighted by Crippen LogP contribution is -2.53. The summed E-state index contributed by atoms with van der Waals surface area (Å²) in [5.74, 6) is 2.04. The van der Waals surface area contributed by atoms with Crippen molar-refractivity contribution >= 4 is 28.0 Å². The molecule has 2 fully saturated rings. The molecule has 0 spiro atoms. The number of nitrogens with zero attached hydrogens (tertiary/aromatic N) is 4. The summed E-state index contributed by atoms with van der Waals surface area (Å²) in [4.78, 5) is 20.2. The van der Waals surface area contributed by atoms with Crippen molar-refractivity contribution in [3.05, 3.63) is 36.1 Å². The number of aromatic nitrogens is 3. The van der Waals surface area contributed by atoms with Gasteiger partial charge < -0.3 is 33.7 Å². The van der Waals surface area contributed by atoms with Crippen LogP contribution in [0.1, 0.15) is 29.6 Å². The first kappa shape index (κ1) is 22.2. The van der Waals surface area contributed by atoms with Gasteiger partial charge in [0, 0.05) is 50.8 Å². The number of likely N-dealkylation sites (tertiary alicyclic amines) is 1. The predicted octanol–water partition coefficient (Wildman–Crippen LogP) is 3.39. The topological polar surface area (TPSA) is 101 Å². The molecule has 9 nitrogen and oxygen atoms in total. The fourth-order valence-corrected chi connectivity index (χ4v) is 5.34. The zero-order chi connectivity index (χ0) is 24.3. The van der Waals surface area contributed by atoms with Gasteiger partial charge in [-0.1, -0.05) is 0 Å². The molecular formula is C26H31N5O4. The average Bonchev–Trinajstić information content (AvgIpc) is 3.31. The zero-order valence-corrected chi connectivity index (χ0v) is 20.4. The number of amides is 1. The van der Waals surface area contributed by atoms with Crippen LogP contribution in [0.2, 0.25) is 0 Å². The Balaban J connectivity index is 1.41. The number of piperidine rings is 1. The molecule has 6 rings (SSSR count). The Morgan fingerprint density at radius 2 is 2.06 bits per heavy atom. The minimum Gasteiger partial charge on any atom is -0.494 e. The van der Waals surface area contributed by atoms with Gasteiger partial charge in [0.25, 0.3) is 5.91 Å². The molecule has 1 amide bonds. The summed E-state index contributed by atoms with van der Waals surface area (Å²) in [6.45, 7) is 1.97. The Labute approximate surface area is 203 Å². The first-order valence-corrected chi connectivity index (χ1v) is 12.2. The Morgan fingerprint density at radius 1 is 1.23 bits per heavy atom. The number of furan rings is 1. The normalized spacial score (nSPS) is 20.7. The largest absolute Gasteiger partial charge is 0.494 e. The molecule has 4 aromatic rings. The number of hydrogen-bond acceptors (Lipinski definition) is 6. The third kappa shape index (κ3) is 3.70. The van der Waals surface area contributed by atoms with Crippen molar-refractivity contribution < 1.29 is 18.7 Å². The van der Waals surface area contributed by atoms with E-state index in [1.54, 1.807) is 31.4 Å². The Morgan fingerprint density at radius 3 is 2.77 bits per heavy atom. The number of rotatable bonds is 6. The number of fused-ring (bicyclic) bond motifs is 2. The summed E-state index contributed by atoms with van der Waals surface area (Å²) in [6.07, 6.45) is 4.91. The molecular weight excluding hydrogens is 446 g/mol. The summed E-state index contributed by atoms with van der Waals surface area (Å²) in [6, 6.07) is 7.57. The van der Waals surface area contributed by atoms with Crippen LogP contribution in [-0.4, -0.2) is 64.4 Å². The predicted molar refractivity (Wildman–Crippen MR) is 132 cm³/mol. The number of aryl methyl sites for hydroxylation is 1. The molecule has 0 bridgehead atoms. The molecule has 2 N–H and O–H groups in total. The lowest BCUT2D eigenvalue weighted by molar-refractivity contribution is 0.0227. The lowest BCUT2D eigenvalue weighted by atomic mass is 10.0. The van der Waals surface area contributed by atoms with E-state index in [2.05, 4.69) is 10.6 Å². The van der Waals surface area contributed by atoms with Crippen LogP contribution >= 0.6 is 0 Å². The molecule has 3 aromatic heterocycles. The van der Waals surface area contributed by atoms with Crippen molar-refractivity contribution in [1.82, 2.24) is 19.0 Å². The van der Waals surface area contributed by atoms with Crippen LogP contribution in [0.5, 0.6) is 5.75 Å². The molecule has 1 aliphatic heterocycles. The molecule has 1 aliphatic carbocycles. The molecule has 1 saturated carbocycles. The highest BCUT2D eigenvalue weighted by molar-refractivity contribution is 6.00. The number of ether oxygens (including phenoxy) is 2. The molecule has 9 heteroatoms. The maximum absolute atomic E-state index is 13.4. The lowest BCUT2D eigenvalue weighted by Gasteiger charge is -2.36. The summed E-state index contributed by atoms with van der Waals surface area (Å²) in [5.41, 5.74) is 10.2.